The van der Waals surface area contributed by atoms with Crippen molar-refractivity contribution in [2.45, 2.75) is 31.9 Å². The summed E-state index contributed by atoms with van der Waals surface area (Å²) in [6, 6.07) is 6.29. The van der Waals surface area contributed by atoms with Gasteiger partial charge in [-0.3, -0.25) is 14.4 Å². The molecule has 1 aliphatic heterocycles. The van der Waals surface area contributed by atoms with E-state index in [1.54, 1.807) is 29.2 Å². The zero-order chi connectivity index (χ0) is 17.7. The van der Waals surface area contributed by atoms with Gasteiger partial charge in [0.15, 0.2) is 0 Å². The topological polar surface area (TPSA) is 102 Å². The molecule has 3 amide bonds. The summed E-state index contributed by atoms with van der Waals surface area (Å²) >= 11 is 5.90. The number of carbonyl (C=O) groups excluding carboxylic acids is 3. The van der Waals surface area contributed by atoms with Crippen LogP contribution in [0.3, 0.4) is 0 Å². The lowest BCUT2D eigenvalue weighted by molar-refractivity contribution is -0.144. The number of likely N-dealkylation sites (tertiary alicyclic amines) is 1. The minimum absolute atomic E-state index is 0.0347. The van der Waals surface area contributed by atoms with Gasteiger partial charge in [-0.2, -0.15) is 0 Å². The van der Waals surface area contributed by atoms with Crippen molar-refractivity contribution in [3.8, 4) is 5.75 Å². The van der Waals surface area contributed by atoms with E-state index in [0.717, 1.165) is 0 Å². The van der Waals surface area contributed by atoms with Gasteiger partial charge in [0, 0.05) is 18.4 Å². The van der Waals surface area contributed by atoms with E-state index < -0.39 is 11.9 Å². The van der Waals surface area contributed by atoms with Gasteiger partial charge in [-0.1, -0.05) is 17.7 Å². The standard InChI is InChI=1S/C16H20ClN3O4/c1-10(21)19-14(5-6-15(18)22)16(23)20-8-13(9-20)24-12-4-2-3-11(17)7-12/h2-4,7,13-14H,5-6,8-9H2,1H3,(H2,18,22)(H,19,21)/t14-/m0/s1. The molecule has 1 saturated heterocycles. The molecule has 1 atom stereocenters. The van der Waals surface area contributed by atoms with Crippen LogP contribution in [0.5, 0.6) is 5.75 Å². The number of nitrogens with one attached hydrogen (secondary N) is 1. The summed E-state index contributed by atoms with van der Waals surface area (Å²) in [5.74, 6) is -0.432. The van der Waals surface area contributed by atoms with Crippen molar-refractivity contribution in [1.82, 2.24) is 10.2 Å². The Bertz CT molecular complexity index is 632. The fraction of sp³-hybridized carbons (Fsp3) is 0.438. The quantitative estimate of drug-likeness (QED) is 0.753. The molecule has 1 fully saturated rings. The number of primary amides is 1. The molecule has 1 aliphatic rings. The summed E-state index contributed by atoms with van der Waals surface area (Å²) in [4.78, 5) is 36.1. The first-order chi connectivity index (χ1) is 11.3. The summed E-state index contributed by atoms with van der Waals surface area (Å²) in [6.07, 6.45) is 0.0957. The van der Waals surface area contributed by atoms with Gasteiger partial charge in [-0.05, 0) is 24.6 Å². The molecule has 0 aliphatic carbocycles. The lowest BCUT2D eigenvalue weighted by atomic mass is 10.1. The molecule has 3 N–H and O–H groups in total. The van der Waals surface area contributed by atoms with Crippen LogP contribution in [-0.2, 0) is 14.4 Å². The molecule has 0 spiro atoms. The maximum absolute atomic E-state index is 12.4. The van der Waals surface area contributed by atoms with Crippen molar-refractivity contribution >= 4 is 29.3 Å². The average Bonchev–Trinajstić information content (AvgIpc) is 2.45. The molecule has 0 saturated carbocycles. The first-order valence-corrected chi connectivity index (χ1v) is 7.99. The lowest BCUT2D eigenvalue weighted by Gasteiger charge is -2.40. The Labute approximate surface area is 145 Å². The predicted octanol–water partition coefficient (Wildman–Crippen LogP) is 0.700. The highest BCUT2D eigenvalue weighted by molar-refractivity contribution is 6.30. The van der Waals surface area contributed by atoms with Crippen LogP contribution in [-0.4, -0.2) is 47.9 Å². The lowest BCUT2D eigenvalue weighted by Crippen LogP contribution is -2.60. The van der Waals surface area contributed by atoms with Crippen LogP contribution in [0.1, 0.15) is 19.8 Å². The van der Waals surface area contributed by atoms with Crippen molar-refractivity contribution in [2.75, 3.05) is 13.1 Å². The Morgan fingerprint density at radius 1 is 1.42 bits per heavy atom. The van der Waals surface area contributed by atoms with Crippen molar-refractivity contribution in [3.05, 3.63) is 29.3 Å². The fourth-order valence-electron chi connectivity index (χ4n) is 2.44. The molecule has 0 unspecified atom stereocenters. The number of halogens is 1. The van der Waals surface area contributed by atoms with E-state index >= 15 is 0 Å². The van der Waals surface area contributed by atoms with Gasteiger partial charge < -0.3 is 20.7 Å². The second-order valence-corrected chi connectivity index (χ2v) is 6.13. The first-order valence-electron chi connectivity index (χ1n) is 7.61. The zero-order valence-electron chi connectivity index (χ0n) is 13.3. The van der Waals surface area contributed by atoms with Crippen molar-refractivity contribution in [3.63, 3.8) is 0 Å². The van der Waals surface area contributed by atoms with Gasteiger partial charge in [0.2, 0.25) is 17.7 Å². The minimum Gasteiger partial charge on any atom is -0.487 e. The van der Waals surface area contributed by atoms with Gasteiger partial charge in [0.1, 0.15) is 17.9 Å². The van der Waals surface area contributed by atoms with Crippen LogP contribution in [0.25, 0.3) is 0 Å². The molecule has 2 rings (SSSR count). The van der Waals surface area contributed by atoms with Gasteiger partial charge in [-0.25, -0.2) is 0 Å². The molecule has 0 bridgehead atoms. The average molecular weight is 354 g/mol. The first kappa shape index (κ1) is 18.1. The Hall–Kier alpha value is -2.28. The molecule has 0 radical (unpaired) electrons. The highest BCUT2D eigenvalue weighted by Crippen LogP contribution is 2.22. The number of hydrogen-bond donors (Lipinski definition) is 2. The van der Waals surface area contributed by atoms with Gasteiger partial charge >= 0.3 is 0 Å². The van der Waals surface area contributed by atoms with Crippen LogP contribution in [0.4, 0.5) is 0 Å². The molecular formula is C16H20ClN3O4. The molecule has 130 valence electrons. The maximum Gasteiger partial charge on any atom is 0.245 e. The van der Waals surface area contributed by atoms with Crippen LogP contribution >= 0.6 is 11.6 Å². The molecular weight excluding hydrogens is 334 g/mol. The third-order valence-electron chi connectivity index (χ3n) is 3.61. The largest absolute Gasteiger partial charge is 0.487 e. The number of rotatable bonds is 7. The Morgan fingerprint density at radius 2 is 2.12 bits per heavy atom. The molecule has 8 heteroatoms. The van der Waals surface area contributed by atoms with E-state index in [4.69, 9.17) is 22.1 Å². The van der Waals surface area contributed by atoms with Crippen molar-refractivity contribution in [1.29, 1.82) is 0 Å². The van der Waals surface area contributed by atoms with Crippen molar-refractivity contribution in [2.24, 2.45) is 5.73 Å². The number of nitrogens with zero attached hydrogens (tertiary/aromatic N) is 1. The number of nitrogens with two attached hydrogens (primary N) is 1. The normalized spacial score (nSPS) is 15.3. The number of hydrogen-bond acceptors (Lipinski definition) is 4. The molecule has 0 aromatic heterocycles. The molecule has 24 heavy (non-hydrogen) atoms. The Morgan fingerprint density at radius 3 is 2.71 bits per heavy atom. The number of amides is 3. The number of ether oxygens (including phenoxy) is 1. The summed E-state index contributed by atoms with van der Waals surface area (Å²) in [5, 5.41) is 3.14. The van der Waals surface area contributed by atoms with Crippen molar-refractivity contribution < 1.29 is 19.1 Å². The Kier molecular flexibility index (Phi) is 6.03. The van der Waals surface area contributed by atoms with E-state index in [0.29, 0.717) is 23.9 Å². The monoisotopic (exact) mass is 353 g/mol. The maximum atomic E-state index is 12.4. The van der Waals surface area contributed by atoms with Crippen LogP contribution < -0.4 is 15.8 Å². The molecule has 1 aromatic carbocycles. The molecule has 7 nitrogen and oxygen atoms in total. The Balaban J connectivity index is 1.86. The minimum atomic E-state index is -0.748. The second-order valence-electron chi connectivity index (χ2n) is 5.70. The molecule has 1 aromatic rings. The molecule has 1 heterocycles. The summed E-state index contributed by atoms with van der Waals surface area (Å²) < 4.78 is 5.73. The van der Waals surface area contributed by atoms with Gasteiger partial charge in [-0.15, -0.1) is 0 Å². The van der Waals surface area contributed by atoms with E-state index in [9.17, 15) is 14.4 Å². The predicted molar refractivity (Wildman–Crippen MR) is 88.5 cm³/mol. The third kappa shape index (κ3) is 5.13. The van der Waals surface area contributed by atoms with Gasteiger partial charge in [0.05, 0.1) is 13.1 Å². The van der Waals surface area contributed by atoms with E-state index in [1.165, 1.54) is 6.92 Å². The van der Waals surface area contributed by atoms with E-state index in [-0.39, 0.29) is 30.8 Å². The van der Waals surface area contributed by atoms with Crippen LogP contribution in [0, 0.1) is 0 Å². The highest BCUT2D eigenvalue weighted by Gasteiger charge is 2.36. The summed E-state index contributed by atoms with van der Waals surface area (Å²) in [6.45, 7) is 2.15. The summed E-state index contributed by atoms with van der Waals surface area (Å²) in [7, 11) is 0. The highest BCUT2D eigenvalue weighted by atomic mass is 35.5. The smallest absolute Gasteiger partial charge is 0.245 e. The van der Waals surface area contributed by atoms with E-state index in [1.807, 2.05) is 0 Å². The van der Waals surface area contributed by atoms with E-state index in [2.05, 4.69) is 5.32 Å². The number of benzene rings is 1. The fourth-order valence-corrected chi connectivity index (χ4v) is 2.62. The third-order valence-corrected chi connectivity index (χ3v) is 3.85. The van der Waals surface area contributed by atoms with Gasteiger partial charge in [0.25, 0.3) is 0 Å². The zero-order valence-corrected chi connectivity index (χ0v) is 14.1. The second kappa shape index (κ2) is 8.01. The van der Waals surface area contributed by atoms with Crippen LogP contribution in [0.15, 0.2) is 24.3 Å². The van der Waals surface area contributed by atoms with Crippen LogP contribution in [0.2, 0.25) is 5.02 Å². The SMILES string of the molecule is CC(=O)N[C@@H](CCC(N)=O)C(=O)N1CC(Oc2cccc(Cl)c2)C1. The number of carbonyl (C=O) groups is 3. The summed E-state index contributed by atoms with van der Waals surface area (Å²) in [5.41, 5.74) is 5.11.